The molecule has 0 bridgehead atoms. The monoisotopic (exact) mass is 341 g/mol. The van der Waals surface area contributed by atoms with Gasteiger partial charge in [-0.05, 0) is 48.9 Å². The number of carboxylic acids is 1. The van der Waals surface area contributed by atoms with E-state index in [0.29, 0.717) is 23.8 Å². The van der Waals surface area contributed by atoms with Crippen molar-refractivity contribution < 1.29 is 24.2 Å². The van der Waals surface area contributed by atoms with E-state index in [-0.39, 0.29) is 11.5 Å². The lowest BCUT2D eigenvalue weighted by Gasteiger charge is -2.09. The second-order valence-corrected chi connectivity index (χ2v) is 5.05. The van der Waals surface area contributed by atoms with Crippen molar-refractivity contribution in [2.24, 2.45) is 0 Å². The molecule has 1 amide bonds. The molecule has 0 unspecified atom stereocenters. The Balaban J connectivity index is 2.07. The van der Waals surface area contributed by atoms with Crippen molar-refractivity contribution in [2.75, 3.05) is 19.0 Å². The predicted molar refractivity (Wildman–Crippen MR) is 95.2 cm³/mol. The third-order valence-corrected chi connectivity index (χ3v) is 3.29. The topological polar surface area (TPSA) is 84.9 Å². The number of ether oxygens (including phenoxy) is 2. The normalized spacial score (nSPS) is 10.5. The number of anilines is 1. The highest BCUT2D eigenvalue weighted by molar-refractivity contribution is 6.02. The van der Waals surface area contributed by atoms with Crippen LogP contribution in [0.4, 0.5) is 5.69 Å². The van der Waals surface area contributed by atoms with Crippen LogP contribution in [0.3, 0.4) is 0 Å². The number of benzene rings is 2. The summed E-state index contributed by atoms with van der Waals surface area (Å²) in [6.45, 7) is 2.42. The van der Waals surface area contributed by atoms with E-state index in [9.17, 15) is 9.59 Å². The minimum Gasteiger partial charge on any atom is -0.493 e. The standard InChI is InChI=1S/C19H19NO5/c1-3-25-16-9-7-13(11-17(16)24-2)8-10-18(21)20-15-6-4-5-14(12-15)19(22)23/h4-12H,3H2,1-2H3,(H,20,21)(H,22,23)/b10-8+. The first-order valence-electron chi connectivity index (χ1n) is 7.66. The van der Waals surface area contributed by atoms with Gasteiger partial charge < -0.3 is 19.9 Å². The fourth-order valence-electron chi connectivity index (χ4n) is 2.15. The number of nitrogens with one attached hydrogen (secondary N) is 1. The Morgan fingerprint density at radius 2 is 1.96 bits per heavy atom. The maximum Gasteiger partial charge on any atom is 0.335 e. The lowest BCUT2D eigenvalue weighted by atomic mass is 10.2. The highest BCUT2D eigenvalue weighted by atomic mass is 16.5. The van der Waals surface area contributed by atoms with E-state index in [4.69, 9.17) is 14.6 Å². The number of rotatable bonds is 7. The molecule has 0 aliphatic heterocycles. The van der Waals surface area contributed by atoms with Gasteiger partial charge in [-0.25, -0.2) is 4.79 Å². The third kappa shape index (κ3) is 5.10. The predicted octanol–water partition coefficient (Wildman–Crippen LogP) is 3.44. The van der Waals surface area contributed by atoms with Crippen LogP contribution in [-0.2, 0) is 4.79 Å². The lowest BCUT2D eigenvalue weighted by molar-refractivity contribution is -0.111. The summed E-state index contributed by atoms with van der Waals surface area (Å²) >= 11 is 0. The fourth-order valence-corrected chi connectivity index (χ4v) is 2.15. The molecule has 2 aromatic carbocycles. The number of aromatic carboxylic acids is 1. The molecule has 25 heavy (non-hydrogen) atoms. The van der Waals surface area contributed by atoms with Crippen molar-refractivity contribution in [2.45, 2.75) is 6.92 Å². The first-order valence-corrected chi connectivity index (χ1v) is 7.66. The second-order valence-electron chi connectivity index (χ2n) is 5.05. The molecule has 130 valence electrons. The molecule has 6 nitrogen and oxygen atoms in total. The molecule has 6 heteroatoms. The summed E-state index contributed by atoms with van der Waals surface area (Å²) in [6, 6.07) is 11.4. The van der Waals surface area contributed by atoms with Crippen LogP contribution in [0.1, 0.15) is 22.8 Å². The maximum atomic E-state index is 12.0. The van der Waals surface area contributed by atoms with Gasteiger partial charge in [-0.2, -0.15) is 0 Å². The molecule has 0 heterocycles. The number of carbonyl (C=O) groups is 2. The van der Waals surface area contributed by atoms with Crippen LogP contribution < -0.4 is 14.8 Å². The van der Waals surface area contributed by atoms with Gasteiger partial charge >= 0.3 is 5.97 Å². The zero-order valence-corrected chi connectivity index (χ0v) is 14.0. The van der Waals surface area contributed by atoms with Gasteiger partial charge in [-0.3, -0.25) is 4.79 Å². The lowest BCUT2D eigenvalue weighted by Crippen LogP contribution is -2.08. The molecule has 2 aromatic rings. The van der Waals surface area contributed by atoms with E-state index < -0.39 is 5.97 Å². The summed E-state index contributed by atoms with van der Waals surface area (Å²) in [5.74, 6) is -0.195. The summed E-state index contributed by atoms with van der Waals surface area (Å²) in [6.07, 6.45) is 3.00. The van der Waals surface area contributed by atoms with E-state index in [1.54, 1.807) is 37.5 Å². The van der Waals surface area contributed by atoms with E-state index >= 15 is 0 Å². The summed E-state index contributed by atoms with van der Waals surface area (Å²) in [5.41, 5.74) is 1.30. The third-order valence-electron chi connectivity index (χ3n) is 3.29. The molecule has 0 aliphatic carbocycles. The Morgan fingerprint density at radius 3 is 2.64 bits per heavy atom. The smallest absolute Gasteiger partial charge is 0.335 e. The molecule has 0 aromatic heterocycles. The Morgan fingerprint density at radius 1 is 1.16 bits per heavy atom. The molecule has 0 saturated carbocycles. The van der Waals surface area contributed by atoms with Crippen LogP contribution in [0.2, 0.25) is 0 Å². The van der Waals surface area contributed by atoms with E-state index in [1.807, 2.05) is 13.0 Å². The molecular formula is C19H19NO5. The van der Waals surface area contributed by atoms with Crippen LogP contribution in [0.25, 0.3) is 6.08 Å². The van der Waals surface area contributed by atoms with E-state index in [1.165, 1.54) is 18.2 Å². The molecular weight excluding hydrogens is 322 g/mol. The summed E-state index contributed by atoms with van der Waals surface area (Å²) in [7, 11) is 1.55. The molecule has 0 spiro atoms. The zero-order valence-electron chi connectivity index (χ0n) is 14.0. The van der Waals surface area contributed by atoms with Crippen LogP contribution in [0.5, 0.6) is 11.5 Å². The Hall–Kier alpha value is -3.28. The Bertz CT molecular complexity index is 798. The molecule has 0 aliphatic rings. The van der Waals surface area contributed by atoms with Crippen molar-refractivity contribution >= 4 is 23.6 Å². The highest BCUT2D eigenvalue weighted by Crippen LogP contribution is 2.28. The highest BCUT2D eigenvalue weighted by Gasteiger charge is 2.06. The average Bonchev–Trinajstić information content (AvgIpc) is 2.61. The number of amides is 1. The van der Waals surface area contributed by atoms with Gasteiger partial charge in [-0.1, -0.05) is 12.1 Å². The largest absolute Gasteiger partial charge is 0.493 e. The van der Waals surface area contributed by atoms with Gasteiger partial charge in [0, 0.05) is 11.8 Å². The summed E-state index contributed by atoms with van der Waals surface area (Å²) < 4.78 is 10.7. The minimum absolute atomic E-state index is 0.109. The fraction of sp³-hybridized carbons (Fsp3) is 0.158. The van der Waals surface area contributed by atoms with Crippen molar-refractivity contribution in [3.8, 4) is 11.5 Å². The zero-order chi connectivity index (χ0) is 18.2. The van der Waals surface area contributed by atoms with Crippen molar-refractivity contribution in [1.29, 1.82) is 0 Å². The first kappa shape index (κ1) is 18.1. The van der Waals surface area contributed by atoms with Crippen LogP contribution in [-0.4, -0.2) is 30.7 Å². The van der Waals surface area contributed by atoms with Gasteiger partial charge in [0.25, 0.3) is 0 Å². The van der Waals surface area contributed by atoms with Gasteiger partial charge in [0.15, 0.2) is 11.5 Å². The minimum atomic E-state index is -1.05. The molecule has 0 fully saturated rings. The average molecular weight is 341 g/mol. The summed E-state index contributed by atoms with van der Waals surface area (Å²) in [5, 5.41) is 11.6. The van der Waals surface area contributed by atoms with Gasteiger partial charge in [0.2, 0.25) is 5.91 Å². The first-order chi connectivity index (χ1) is 12.0. The van der Waals surface area contributed by atoms with Gasteiger partial charge in [0.1, 0.15) is 0 Å². The number of hydrogen-bond acceptors (Lipinski definition) is 4. The number of hydrogen-bond donors (Lipinski definition) is 2. The van der Waals surface area contributed by atoms with Gasteiger partial charge in [-0.15, -0.1) is 0 Å². The van der Waals surface area contributed by atoms with Crippen molar-refractivity contribution in [3.63, 3.8) is 0 Å². The summed E-state index contributed by atoms with van der Waals surface area (Å²) in [4.78, 5) is 22.9. The number of methoxy groups -OCH3 is 1. The quantitative estimate of drug-likeness (QED) is 0.754. The Labute approximate surface area is 145 Å². The van der Waals surface area contributed by atoms with Crippen molar-refractivity contribution in [1.82, 2.24) is 0 Å². The van der Waals surface area contributed by atoms with Crippen LogP contribution >= 0.6 is 0 Å². The number of carboxylic acid groups (broad SMARTS) is 1. The maximum absolute atomic E-state index is 12.0. The Kier molecular flexibility index (Phi) is 6.17. The van der Waals surface area contributed by atoms with E-state index in [2.05, 4.69) is 5.32 Å². The molecule has 2 N–H and O–H groups in total. The van der Waals surface area contributed by atoms with Crippen LogP contribution in [0, 0.1) is 0 Å². The number of carbonyl (C=O) groups excluding carboxylic acids is 1. The van der Waals surface area contributed by atoms with Crippen molar-refractivity contribution in [3.05, 3.63) is 59.7 Å². The molecule has 0 radical (unpaired) electrons. The van der Waals surface area contributed by atoms with Gasteiger partial charge in [0.05, 0.1) is 19.3 Å². The second kappa shape index (κ2) is 8.54. The SMILES string of the molecule is CCOc1ccc(/C=C/C(=O)Nc2cccc(C(=O)O)c2)cc1OC. The van der Waals surface area contributed by atoms with E-state index in [0.717, 1.165) is 5.56 Å². The molecule has 0 atom stereocenters. The van der Waals surface area contributed by atoms with Crippen LogP contribution in [0.15, 0.2) is 48.5 Å². The molecule has 2 rings (SSSR count). The molecule has 0 saturated heterocycles.